The van der Waals surface area contributed by atoms with Crippen molar-refractivity contribution in [2.24, 2.45) is 0 Å². The van der Waals surface area contributed by atoms with Crippen LogP contribution in [0, 0.1) is 6.92 Å². The zero-order valence-electron chi connectivity index (χ0n) is 11.7. The quantitative estimate of drug-likeness (QED) is 0.420. The van der Waals surface area contributed by atoms with Crippen molar-refractivity contribution >= 4 is 38.5 Å². The van der Waals surface area contributed by atoms with Crippen LogP contribution in [-0.4, -0.2) is 8.42 Å². The first-order valence-electron chi connectivity index (χ1n) is 6.33. The fourth-order valence-electron chi connectivity index (χ4n) is 1.76. The summed E-state index contributed by atoms with van der Waals surface area (Å²) in [5.74, 6) is 0.358. The largest absolute Gasteiger partial charge is 0.378 e. The minimum absolute atomic E-state index is 0.152. The lowest BCUT2D eigenvalue weighted by Gasteiger charge is -2.12. The van der Waals surface area contributed by atoms with Crippen LogP contribution in [0.5, 0.6) is 0 Å². The van der Waals surface area contributed by atoms with Crippen LogP contribution in [0.2, 0.25) is 0 Å². The van der Waals surface area contributed by atoms with Crippen LogP contribution in [0.25, 0.3) is 5.76 Å². The second-order valence-electron chi connectivity index (χ2n) is 4.58. The molecule has 0 radical (unpaired) electrons. The van der Waals surface area contributed by atoms with Gasteiger partial charge in [-0.3, -0.25) is 0 Å². The maximum atomic E-state index is 12.4. The van der Waals surface area contributed by atoms with Gasteiger partial charge < -0.3 is 4.18 Å². The van der Waals surface area contributed by atoms with Gasteiger partial charge in [-0.05, 0) is 48.6 Å². The molecule has 3 nitrogen and oxygen atoms in total. The normalized spacial score (nSPS) is 12.7. The summed E-state index contributed by atoms with van der Waals surface area (Å²) in [5.41, 5.74) is 1.73. The van der Waals surface area contributed by atoms with E-state index in [1.54, 1.807) is 24.3 Å². The number of rotatable bonds is 4. The number of aryl methyl sites for hydroxylation is 1. The third-order valence-corrected chi connectivity index (χ3v) is 4.58. The summed E-state index contributed by atoms with van der Waals surface area (Å²) in [5, 5.41) is 0. The van der Waals surface area contributed by atoms with E-state index in [1.165, 1.54) is 0 Å². The zero-order valence-corrected chi connectivity index (χ0v) is 14.7. The molecule has 0 spiro atoms. The van der Waals surface area contributed by atoms with Gasteiger partial charge in [-0.2, -0.15) is 8.42 Å². The Labute approximate surface area is 138 Å². The third-order valence-electron chi connectivity index (χ3n) is 2.85. The Bertz CT molecular complexity index is 744. The van der Waals surface area contributed by atoms with E-state index in [0.717, 1.165) is 14.7 Å². The molecule has 0 amide bonds. The van der Waals surface area contributed by atoms with E-state index in [-0.39, 0.29) is 4.90 Å². The predicted octanol–water partition coefficient (Wildman–Crippen LogP) is 4.52. The molecule has 0 N–H and O–H groups in total. The summed E-state index contributed by atoms with van der Waals surface area (Å²) in [7, 11) is -3.83. The van der Waals surface area contributed by atoms with Crippen LogP contribution in [0.1, 0.15) is 18.1 Å². The maximum Gasteiger partial charge on any atom is 0.339 e. The lowest BCUT2D eigenvalue weighted by Crippen LogP contribution is -2.06. The van der Waals surface area contributed by atoms with Gasteiger partial charge in [-0.15, -0.1) is 0 Å². The van der Waals surface area contributed by atoms with Crippen molar-refractivity contribution in [1.29, 1.82) is 0 Å². The van der Waals surface area contributed by atoms with E-state index in [0.29, 0.717) is 5.76 Å². The highest BCUT2D eigenvalue weighted by molar-refractivity contribution is 14.1. The van der Waals surface area contributed by atoms with Crippen LogP contribution >= 0.6 is 22.6 Å². The smallest absolute Gasteiger partial charge is 0.339 e. The summed E-state index contributed by atoms with van der Waals surface area (Å²) >= 11 is 2.06. The van der Waals surface area contributed by atoms with Crippen LogP contribution in [-0.2, 0) is 14.3 Å². The van der Waals surface area contributed by atoms with E-state index >= 15 is 0 Å². The fourth-order valence-corrected chi connectivity index (χ4v) is 3.33. The Morgan fingerprint density at radius 2 is 1.57 bits per heavy atom. The van der Waals surface area contributed by atoms with Crippen LogP contribution in [0.15, 0.2) is 63.1 Å². The van der Waals surface area contributed by atoms with Crippen molar-refractivity contribution < 1.29 is 12.6 Å². The van der Waals surface area contributed by atoms with E-state index in [2.05, 4.69) is 22.6 Å². The molecule has 110 valence electrons. The van der Waals surface area contributed by atoms with E-state index in [4.69, 9.17) is 4.18 Å². The lowest BCUT2D eigenvalue weighted by molar-refractivity contribution is 0.463. The van der Waals surface area contributed by atoms with Crippen molar-refractivity contribution in [2.45, 2.75) is 18.7 Å². The molecule has 0 aromatic heterocycles. The molecule has 0 unspecified atom stereocenters. The zero-order chi connectivity index (χ0) is 15.5. The van der Waals surface area contributed by atoms with Gasteiger partial charge in [0.05, 0.1) is 0 Å². The molecule has 5 heteroatoms. The molecule has 2 aromatic rings. The number of hydrogen-bond acceptors (Lipinski definition) is 3. The van der Waals surface area contributed by atoms with Crippen molar-refractivity contribution in [3.63, 3.8) is 0 Å². The topological polar surface area (TPSA) is 43.4 Å². The molecule has 0 aliphatic carbocycles. The molecule has 0 aliphatic rings. The fraction of sp³-hybridized carbons (Fsp3) is 0.125. The molecule has 0 saturated carbocycles. The van der Waals surface area contributed by atoms with Gasteiger partial charge in [0.15, 0.2) is 5.76 Å². The standard InChI is InChI=1S/C16H15IO3S/c1-12-8-10-15(11-9-12)21(18,19)20-16(13(2)17)14-6-4-3-5-7-14/h3-11H,1-2H3/b16-13+. The highest BCUT2D eigenvalue weighted by Gasteiger charge is 2.20. The van der Waals surface area contributed by atoms with Gasteiger partial charge in [0.25, 0.3) is 0 Å². The maximum absolute atomic E-state index is 12.4. The number of hydrogen-bond donors (Lipinski definition) is 0. The van der Waals surface area contributed by atoms with Gasteiger partial charge in [-0.1, -0.05) is 48.0 Å². The van der Waals surface area contributed by atoms with Crippen LogP contribution < -0.4 is 0 Å². The van der Waals surface area contributed by atoms with Gasteiger partial charge in [-0.25, -0.2) is 0 Å². The summed E-state index contributed by atoms with van der Waals surface area (Å²) in [4.78, 5) is 0.152. The van der Waals surface area contributed by atoms with E-state index in [1.807, 2.05) is 44.2 Å². The lowest BCUT2D eigenvalue weighted by atomic mass is 10.2. The monoisotopic (exact) mass is 414 g/mol. The molecule has 2 aromatic carbocycles. The molecule has 0 fully saturated rings. The van der Waals surface area contributed by atoms with Crippen molar-refractivity contribution in [3.8, 4) is 0 Å². The summed E-state index contributed by atoms with van der Waals surface area (Å²) in [6.45, 7) is 3.72. The minimum atomic E-state index is -3.83. The average Bonchev–Trinajstić information content (AvgIpc) is 2.46. The Kier molecular flexibility index (Phi) is 5.05. The first-order chi connectivity index (χ1) is 9.90. The van der Waals surface area contributed by atoms with Gasteiger partial charge in [0, 0.05) is 9.14 Å². The third kappa shape index (κ3) is 4.07. The molecular formula is C16H15IO3S. The van der Waals surface area contributed by atoms with E-state index in [9.17, 15) is 8.42 Å². The molecule has 0 aliphatic heterocycles. The summed E-state index contributed by atoms with van der Waals surface area (Å²) in [6.07, 6.45) is 0. The first kappa shape index (κ1) is 16.0. The minimum Gasteiger partial charge on any atom is -0.378 e. The number of benzene rings is 2. The van der Waals surface area contributed by atoms with Gasteiger partial charge >= 0.3 is 10.1 Å². The number of halogens is 1. The molecule has 0 heterocycles. The van der Waals surface area contributed by atoms with Gasteiger partial charge in [0.2, 0.25) is 0 Å². The second kappa shape index (κ2) is 6.62. The molecule has 0 atom stereocenters. The average molecular weight is 414 g/mol. The van der Waals surface area contributed by atoms with Crippen LogP contribution in [0.3, 0.4) is 0 Å². The Balaban J connectivity index is 2.38. The highest BCUT2D eigenvalue weighted by atomic mass is 127. The van der Waals surface area contributed by atoms with Crippen molar-refractivity contribution in [1.82, 2.24) is 0 Å². The summed E-state index contributed by atoms with van der Waals surface area (Å²) in [6, 6.07) is 15.8. The SMILES string of the molecule is C/C(I)=C(\OS(=O)(=O)c1ccc(C)cc1)c1ccccc1. The van der Waals surface area contributed by atoms with E-state index < -0.39 is 10.1 Å². The Morgan fingerprint density at radius 1 is 1.00 bits per heavy atom. The predicted molar refractivity (Wildman–Crippen MR) is 92.5 cm³/mol. The molecule has 2 rings (SSSR count). The number of allylic oxidation sites excluding steroid dienone is 1. The van der Waals surface area contributed by atoms with Gasteiger partial charge in [0.1, 0.15) is 4.90 Å². The summed E-state index contributed by atoms with van der Waals surface area (Å²) < 4.78 is 30.9. The molecule has 0 bridgehead atoms. The highest BCUT2D eigenvalue weighted by Crippen LogP contribution is 2.28. The Hall–Kier alpha value is -1.34. The van der Waals surface area contributed by atoms with Crippen molar-refractivity contribution in [3.05, 3.63) is 69.3 Å². The molecule has 21 heavy (non-hydrogen) atoms. The van der Waals surface area contributed by atoms with Crippen molar-refractivity contribution in [2.75, 3.05) is 0 Å². The molecule has 0 saturated heterocycles. The first-order valence-corrected chi connectivity index (χ1v) is 8.82. The molecular weight excluding hydrogens is 399 g/mol. The second-order valence-corrected chi connectivity index (χ2v) is 7.74. The van der Waals surface area contributed by atoms with Crippen LogP contribution in [0.4, 0.5) is 0 Å². The Morgan fingerprint density at radius 3 is 2.10 bits per heavy atom.